The second-order valence-electron chi connectivity index (χ2n) is 6.51. The summed E-state index contributed by atoms with van der Waals surface area (Å²) in [6, 6.07) is 0.409. The molecule has 0 unspecified atom stereocenters. The quantitative estimate of drug-likeness (QED) is 0.678. The van der Waals surface area contributed by atoms with E-state index in [1.165, 1.54) is 28.7 Å². The maximum atomic E-state index is 12.3. The fourth-order valence-electron chi connectivity index (χ4n) is 3.08. The van der Waals surface area contributed by atoms with E-state index in [4.69, 9.17) is 0 Å². The smallest absolute Gasteiger partial charge is 0.233 e. The predicted molar refractivity (Wildman–Crippen MR) is 95.3 cm³/mol. The second kappa shape index (κ2) is 6.06. The fraction of sp³-hybridized carbons (Fsp3) is 0.588. The van der Waals surface area contributed by atoms with Crippen molar-refractivity contribution in [2.45, 2.75) is 68.7 Å². The molecular weight excluding hydrogens is 326 g/mol. The highest BCUT2D eigenvalue weighted by molar-refractivity contribution is 8.00. The van der Waals surface area contributed by atoms with Crippen LogP contribution in [0.4, 0.5) is 0 Å². The van der Waals surface area contributed by atoms with E-state index >= 15 is 0 Å². The van der Waals surface area contributed by atoms with Crippen LogP contribution >= 0.6 is 23.1 Å². The molecule has 1 atom stereocenters. The largest absolute Gasteiger partial charge is 0.352 e. The molecule has 2 aliphatic rings. The van der Waals surface area contributed by atoms with Gasteiger partial charge in [-0.2, -0.15) is 0 Å². The van der Waals surface area contributed by atoms with Crippen LogP contribution in [0.5, 0.6) is 0 Å². The lowest BCUT2D eigenvalue weighted by Crippen LogP contribution is -2.32. The summed E-state index contributed by atoms with van der Waals surface area (Å²) in [5.41, 5.74) is 1.44. The van der Waals surface area contributed by atoms with E-state index in [-0.39, 0.29) is 11.2 Å². The summed E-state index contributed by atoms with van der Waals surface area (Å²) in [4.78, 5) is 24.2. The van der Waals surface area contributed by atoms with Crippen molar-refractivity contribution in [1.29, 1.82) is 0 Å². The Morgan fingerprint density at radius 1 is 1.30 bits per heavy atom. The molecule has 1 saturated carbocycles. The number of carbonyl (C=O) groups excluding carboxylic acids is 1. The molecule has 2 aromatic rings. The van der Waals surface area contributed by atoms with Crippen molar-refractivity contribution in [3.05, 3.63) is 16.3 Å². The number of hydrogen-bond acceptors (Lipinski definition) is 5. The van der Waals surface area contributed by atoms with Crippen molar-refractivity contribution in [2.75, 3.05) is 0 Å². The molecule has 1 amide bonds. The molecule has 4 nitrogen and oxygen atoms in total. The molecular formula is C17H21N3OS2. The molecule has 122 valence electrons. The molecule has 0 radical (unpaired) electrons. The van der Waals surface area contributed by atoms with E-state index in [1.54, 1.807) is 11.8 Å². The van der Waals surface area contributed by atoms with Crippen LogP contribution in [0.1, 0.15) is 48.9 Å². The average molecular weight is 348 g/mol. The highest BCUT2D eigenvalue weighted by atomic mass is 32.2. The summed E-state index contributed by atoms with van der Waals surface area (Å²) in [6.07, 6.45) is 7.05. The fourth-order valence-corrected chi connectivity index (χ4v) is 5.48. The predicted octanol–water partition coefficient (Wildman–Crippen LogP) is 3.64. The third-order valence-corrected chi connectivity index (χ3v) is 6.75. The molecule has 0 bridgehead atoms. The Balaban J connectivity index is 1.67. The zero-order valence-electron chi connectivity index (χ0n) is 13.5. The zero-order valence-corrected chi connectivity index (χ0v) is 15.1. The topological polar surface area (TPSA) is 54.9 Å². The Hall–Kier alpha value is -1.14. The number of fused-ring (bicyclic) bond motifs is 3. The Bertz CT molecular complexity index is 767. The van der Waals surface area contributed by atoms with Gasteiger partial charge < -0.3 is 5.32 Å². The van der Waals surface area contributed by atoms with Gasteiger partial charge in [0, 0.05) is 16.3 Å². The summed E-state index contributed by atoms with van der Waals surface area (Å²) in [5.74, 6) is 0.930. The van der Waals surface area contributed by atoms with Crippen molar-refractivity contribution >= 4 is 39.2 Å². The first-order chi connectivity index (χ1) is 11.1. The number of aromatic nitrogens is 2. The van der Waals surface area contributed by atoms with Crippen molar-refractivity contribution in [2.24, 2.45) is 0 Å². The number of rotatable bonds is 4. The second-order valence-corrected chi connectivity index (χ2v) is 8.92. The number of aryl methyl sites for hydroxylation is 3. The Labute approximate surface area is 144 Å². The lowest BCUT2D eigenvalue weighted by atomic mass is 9.97. The molecule has 0 spiro atoms. The molecule has 23 heavy (non-hydrogen) atoms. The zero-order chi connectivity index (χ0) is 16.0. The van der Waals surface area contributed by atoms with Gasteiger partial charge in [-0.3, -0.25) is 4.79 Å². The van der Waals surface area contributed by atoms with E-state index in [9.17, 15) is 4.79 Å². The van der Waals surface area contributed by atoms with Gasteiger partial charge in [0.05, 0.1) is 5.25 Å². The van der Waals surface area contributed by atoms with E-state index in [0.717, 1.165) is 41.4 Å². The minimum atomic E-state index is -0.118. The molecule has 0 aliphatic heterocycles. The SMILES string of the molecule is Cc1nc(S[C@H](C)C(=O)NC2CC2)c2c3c(sc2n1)CCCC3. The lowest BCUT2D eigenvalue weighted by Gasteiger charge is -2.14. The first-order valence-electron chi connectivity index (χ1n) is 8.37. The molecule has 4 rings (SSSR count). The normalized spacial score (nSPS) is 18.7. The van der Waals surface area contributed by atoms with Crippen LogP contribution in [0.3, 0.4) is 0 Å². The van der Waals surface area contributed by atoms with Gasteiger partial charge in [0.1, 0.15) is 15.7 Å². The van der Waals surface area contributed by atoms with Crippen molar-refractivity contribution in [3.8, 4) is 0 Å². The Morgan fingerprint density at radius 2 is 2.09 bits per heavy atom. The van der Waals surface area contributed by atoms with Crippen LogP contribution in [-0.4, -0.2) is 27.2 Å². The molecule has 2 aliphatic carbocycles. The van der Waals surface area contributed by atoms with Gasteiger partial charge >= 0.3 is 0 Å². The minimum absolute atomic E-state index is 0.118. The lowest BCUT2D eigenvalue weighted by molar-refractivity contribution is -0.120. The highest BCUT2D eigenvalue weighted by Gasteiger charge is 2.27. The Kier molecular flexibility index (Phi) is 4.05. The molecule has 2 heterocycles. The summed E-state index contributed by atoms with van der Waals surface area (Å²) < 4.78 is 0. The maximum absolute atomic E-state index is 12.3. The first-order valence-corrected chi connectivity index (χ1v) is 10.1. The van der Waals surface area contributed by atoms with E-state index in [1.807, 2.05) is 25.2 Å². The molecule has 1 fully saturated rings. The molecule has 0 saturated heterocycles. The van der Waals surface area contributed by atoms with Crippen LogP contribution in [0.2, 0.25) is 0 Å². The number of nitrogens with zero attached hydrogens (tertiary/aromatic N) is 2. The van der Waals surface area contributed by atoms with Crippen molar-refractivity contribution in [1.82, 2.24) is 15.3 Å². The number of nitrogens with one attached hydrogen (secondary N) is 1. The van der Waals surface area contributed by atoms with Crippen molar-refractivity contribution < 1.29 is 4.79 Å². The highest BCUT2D eigenvalue weighted by Crippen LogP contribution is 2.40. The number of hydrogen-bond donors (Lipinski definition) is 1. The minimum Gasteiger partial charge on any atom is -0.352 e. The van der Waals surface area contributed by atoms with Gasteiger partial charge in [-0.1, -0.05) is 11.8 Å². The third kappa shape index (κ3) is 3.11. The monoisotopic (exact) mass is 347 g/mol. The summed E-state index contributed by atoms with van der Waals surface area (Å²) in [5, 5.41) is 5.18. The van der Waals surface area contributed by atoms with Gasteiger partial charge in [-0.25, -0.2) is 9.97 Å². The number of thiophene rings is 1. The van der Waals surface area contributed by atoms with E-state index in [0.29, 0.717) is 6.04 Å². The average Bonchev–Trinajstić information content (AvgIpc) is 3.24. The van der Waals surface area contributed by atoms with Crippen LogP contribution in [0.25, 0.3) is 10.2 Å². The van der Waals surface area contributed by atoms with Crippen LogP contribution in [-0.2, 0) is 17.6 Å². The number of thioether (sulfide) groups is 1. The summed E-state index contributed by atoms with van der Waals surface area (Å²) in [7, 11) is 0. The number of carbonyl (C=O) groups is 1. The van der Waals surface area contributed by atoms with Crippen LogP contribution in [0, 0.1) is 6.92 Å². The van der Waals surface area contributed by atoms with E-state index in [2.05, 4.69) is 15.3 Å². The standard InChI is InChI=1S/C17H21N3OS2/c1-9(15(21)20-11-7-8-11)22-16-14-12-5-3-4-6-13(12)23-17(14)19-10(2)18-16/h9,11H,3-8H2,1-2H3,(H,20,21)/t9-/m1/s1. The summed E-state index contributed by atoms with van der Waals surface area (Å²) in [6.45, 7) is 3.92. The Morgan fingerprint density at radius 3 is 2.87 bits per heavy atom. The molecule has 2 aromatic heterocycles. The van der Waals surface area contributed by atoms with Crippen molar-refractivity contribution in [3.63, 3.8) is 0 Å². The molecule has 0 aromatic carbocycles. The third-order valence-electron chi connectivity index (χ3n) is 4.47. The number of amides is 1. The van der Waals surface area contributed by atoms with Gasteiger partial charge in [0.2, 0.25) is 5.91 Å². The van der Waals surface area contributed by atoms with Gasteiger partial charge in [0.15, 0.2) is 0 Å². The molecule has 6 heteroatoms. The van der Waals surface area contributed by atoms with E-state index < -0.39 is 0 Å². The van der Waals surface area contributed by atoms with Crippen LogP contribution < -0.4 is 5.32 Å². The maximum Gasteiger partial charge on any atom is 0.233 e. The van der Waals surface area contributed by atoms with Gasteiger partial charge in [-0.15, -0.1) is 11.3 Å². The molecule has 1 N–H and O–H groups in total. The summed E-state index contributed by atoms with van der Waals surface area (Å²) >= 11 is 3.41. The van der Waals surface area contributed by atoms with Crippen LogP contribution in [0.15, 0.2) is 5.03 Å². The van der Waals surface area contributed by atoms with Gasteiger partial charge in [0.25, 0.3) is 0 Å². The van der Waals surface area contributed by atoms with Gasteiger partial charge in [-0.05, 0) is 57.9 Å². The first kappa shape index (κ1) is 15.4.